The van der Waals surface area contributed by atoms with E-state index in [2.05, 4.69) is 4.98 Å². The number of hydrogen-bond acceptors (Lipinski definition) is 5. The molecular weight excluding hydrogens is 290 g/mol. The molecule has 0 amide bonds. The van der Waals surface area contributed by atoms with Crippen molar-refractivity contribution < 1.29 is 4.74 Å². The van der Waals surface area contributed by atoms with E-state index in [0.717, 1.165) is 9.60 Å². The molecule has 0 aliphatic carbocycles. The second-order valence-corrected chi connectivity index (χ2v) is 5.93. The van der Waals surface area contributed by atoms with Gasteiger partial charge in [0.05, 0.1) is 5.39 Å². The number of nitrogens with zero attached hydrogens (tertiary/aromatic N) is 1. The van der Waals surface area contributed by atoms with Crippen LogP contribution in [0.2, 0.25) is 0 Å². The third kappa shape index (κ3) is 2.69. The van der Waals surface area contributed by atoms with Crippen molar-refractivity contribution in [3.8, 4) is 10.9 Å². The first-order valence-corrected chi connectivity index (χ1v) is 8.02. The highest BCUT2D eigenvalue weighted by molar-refractivity contribution is 7.98. The van der Waals surface area contributed by atoms with Gasteiger partial charge in [-0.05, 0) is 42.7 Å². The van der Waals surface area contributed by atoms with Crippen molar-refractivity contribution >= 4 is 33.2 Å². The van der Waals surface area contributed by atoms with Crippen molar-refractivity contribution in [2.75, 3.05) is 6.26 Å². The number of thioether (sulfide) groups is 1. The van der Waals surface area contributed by atoms with Gasteiger partial charge < -0.3 is 4.74 Å². The SMILES string of the molecule is CSc1ccc(Oc2nc(=O)c3ccccc3s2)cc1. The molecule has 5 heteroatoms. The minimum Gasteiger partial charge on any atom is -0.431 e. The van der Waals surface area contributed by atoms with Crippen LogP contribution in [0, 0.1) is 0 Å². The lowest BCUT2D eigenvalue weighted by Gasteiger charge is -2.05. The topological polar surface area (TPSA) is 39.2 Å². The third-order valence-electron chi connectivity index (χ3n) is 2.77. The molecule has 1 aromatic heterocycles. The summed E-state index contributed by atoms with van der Waals surface area (Å²) in [5.41, 5.74) is -0.255. The first kappa shape index (κ1) is 13.1. The van der Waals surface area contributed by atoms with Crippen LogP contribution in [0.25, 0.3) is 10.1 Å². The summed E-state index contributed by atoms with van der Waals surface area (Å²) in [6, 6.07) is 15.1. The Balaban J connectivity index is 1.96. The van der Waals surface area contributed by atoms with Gasteiger partial charge >= 0.3 is 0 Å². The average molecular weight is 301 g/mol. The van der Waals surface area contributed by atoms with E-state index in [1.807, 2.05) is 48.7 Å². The Labute approximate surface area is 124 Å². The summed E-state index contributed by atoms with van der Waals surface area (Å²) in [4.78, 5) is 17.0. The zero-order valence-corrected chi connectivity index (χ0v) is 12.3. The molecule has 0 aliphatic heterocycles. The van der Waals surface area contributed by atoms with E-state index in [-0.39, 0.29) is 5.56 Å². The van der Waals surface area contributed by atoms with Gasteiger partial charge in [0.2, 0.25) is 0 Å². The van der Waals surface area contributed by atoms with Gasteiger partial charge in [-0.15, -0.1) is 11.8 Å². The highest BCUT2D eigenvalue weighted by atomic mass is 32.2. The number of aromatic nitrogens is 1. The van der Waals surface area contributed by atoms with E-state index in [9.17, 15) is 4.79 Å². The van der Waals surface area contributed by atoms with Crippen LogP contribution in [0.3, 0.4) is 0 Å². The van der Waals surface area contributed by atoms with E-state index in [1.54, 1.807) is 17.8 Å². The van der Waals surface area contributed by atoms with Crippen molar-refractivity contribution in [1.29, 1.82) is 0 Å². The Hall–Kier alpha value is -1.85. The fourth-order valence-corrected chi connectivity index (χ4v) is 3.06. The summed E-state index contributed by atoms with van der Waals surface area (Å²) >= 11 is 3.04. The summed E-state index contributed by atoms with van der Waals surface area (Å²) in [6.07, 6.45) is 2.02. The van der Waals surface area contributed by atoms with Gasteiger partial charge in [-0.2, -0.15) is 4.98 Å². The average Bonchev–Trinajstić information content (AvgIpc) is 2.48. The van der Waals surface area contributed by atoms with Crippen LogP contribution in [0.5, 0.6) is 10.9 Å². The normalized spacial score (nSPS) is 10.7. The molecule has 0 saturated carbocycles. The maximum Gasteiger partial charge on any atom is 0.282 e. The fraction of sp³-hybridized carbons (Fsp3) is 0.0667. The monoisotopic (exact) mass is 301 g/mol. The van der Waals surface area contributed by atoms with Crippen LogP contribution in [-0.4, -0.2) is 11.2 Å². The number of benzene rings is 2. The Morgan fingerprint density at radius 2 is 1.85 bits per heavy atom. The van der Waals surface area contributed by atoms with E-state index in [4.69, 9.17) is 4.74 Å². The molecule has 1 heterocycles. The van der Waals surface area contributed by atoms with E-state index < -0.39 is 0 Å². The molecule has 3 rings (SSSR count). The Kier molecular flexibility index (Phi) is 3.71. The fourth-order valence-electron chi connectivity index (χ4n) is 1.78. The van der Waals surface area contributed by atoms with E-state index in [1.165, 1.54) is 11.3 Å². The van der Waals surface area contributed by atoms with Crippen molar-refractivity contribution in [2.45, 2.75) is 4.90 Å². The molecule has 0 aliphatic rings. The predicted octanol–water partition coefficient (Wildman–Crippen LogP) is 4.17. The molecule has 0 bridgehead atoms. The van der Waals surface area contributed by atoms with Crippen LogP contribution in [0.15, 0.2) is 58.2 Å². The van der Waals surface area contributed by atoms with E-state index in [0.29, 0.717) is 16.3 Å². The largest absolute Gasteiger partial charge is 0.431 e. The summed E-state index contributed by atoms with van der Waals surface area (Å²) in [5, 5.41) is 0.994. The van der Waals surface area contributed by atoms with Crippen LogP contribution < -0.4 is 10.3 Å². The summed E-state index contributed by atoms with van der Waals surface area (Å²) in [7, 11) is 0. The predicted molar refractivity (Wildman–Crippen MR) is 84.2 cm³/mol. The van der Waals surface area contributed by atoms with Gasteiger partial charge in [0, 0.05) is 9.60 Å². The quantitative estimate of drug-likeness (QED) is 0.681. The molecule has 20 heavy (non-hydrogen) atoms. The van der Waals surface area contributed by atoms with Crippen molar-refractivity contribution in [2.24, 2.45) is 0 Å². The van der Waals surface area contributed by atoms with Gasteiger partial charge in [0.15, 0.2) is 0 Å². The maximum atomic E-state index is 11.9. The van der Waals surface area contributed by atoms with Crippen LogP contribution in [0.1, 0.15) is 0 Å². The van der Waals surface area contributed by atoms with Crippen molar-refractivity contribution in [1.82, 2.24) is 4.98 Å². The molecular formula is C15H11NO2S2. The molecule has 3 aromatic rings. The minimum atomic E-state index is -0.255. The first-order valence-electron chi connectivity index (χ1n) is 5.98. The molecule has 0 N–H and O–H groups in total. The lowest BCUT2D eigenvalue weighted by molar-refractivity contribution is 0.476. The number of fused-ring (bicyclic) bond motifs is 1. The van der Waals surface area contributed by atoms with Crippen LogP contribution in [0.4, 0.5) is 0 Å². The molecule has 0 unspecified atom stereocenters. The molecule has 0 spiro atoms. The highest BCUT2D eigenvalue weighted by Gasteiger charge is 2.06. The zero-order valence-electron chi connectivity index (χ0n) is 10.7. The standard InChI is InChI=1S/C15H11NO2S2/c1-19-11-8-6-10(7-9-11)18-15-16-14(17)12-4-2-3-5-13(12)20-15/h2-9H,1H3. The number of ether oxygens (including phenoxy) is 1. The molecule has 0 atom stereocenters. The summed E-state index contributed by atoms with van der Waals surface area (Å²) in [6.45, 7) is 0. The lowest BCUT2D eigenvalue weighted by Crippen LogP contribution is -2.05. The maximum absolute atomic E-state index is 11.9. The Morgan fingerprint density at radius 1 is 1.10 bits per heavy atom. The van der Waals surface area contributed by atoms with Gasteiger partial charge in [-0.1, -0.05) is 23.5 Å². The molecule has 3 nitrogen and oxygen atoms in total. The zero-order chi connectivity index (χ0) is 13.9. The van der Waals surface area contributed by atoms with E-state index >= 15 is 0 Å². The highest BCUT2D eigenvalue weighted by Crippen LogP contribution is 2.28. The van der Waals surface area contributed by atoms with Crippen molar-refractivity contribution in [3.05, 3.63) is 58.9 Å². The van der Waals surface area contributed by atoms with Gasteiger partial charge in [-0.25, -0.2) is 0 Å². The Bertz CT molecular complexity index is 797. The molecule has 2 aromatic carbocycles. The first-order chi connectivity index (χ1) is 9.76. The van der Waals surface area contributed by atoms with Crippen LogP contribution in [-0.2, 0) is 0 Å². The molecule has 0 radical (unpaired) electrons. The lowest BCUT2D eigenvalue weighted by atomic mass is 10.3. The molecule has 100 valence electrons. The number of rotatable bonds is 3. The van der Waals surface area contributed by atoms with Gasteiger partial charge in [0.1, 0.15) is 5.75 Å². The number of hydrogen-bond donors (Lipinski definition) is 0. The van der Waals surface area contributed by atoms with Crippen molar-refractivity contribution in [3.63, 3.8) is 0 Å². The third-order valence-corrected chi connectivity index (χ3v) is 4.44. The Morgan fingerprint density at radius 3 is 2.60 bits per heavy atom. The smallest absolute Gasteiger partial charge is 0.282 e. The summed E-state index contributed by atoms with van der Waals surface area (Å²) < 4.78 is 6.54. The minimum absolute atomic E-state index is 0.255. The van der Waals surface area contributed by atoms with Crippen LogP contribution >= 0.6 is 23.1 Å². The molecule has 0 fully saturated rings. The second kappa shape index (κ2) is 5.64. The second-order valence-electron chi connectivity index (χ2n) is 4.06. The molecule has 0 saturated heterocycles. The van der Waals surface area contributed by atoms with Gasteiger partial charge in [0.25, 0.3) is 10.8 Å². The summed E-state index contributed by atoms with van der Waals surface area (Å²) in [5.74, 6) is 0.682. The van der Waals surface area contributed by atoms with Gasteiger partial charge in [-0.3, -0.25) is 4.79 Å².